The van der Waals surface area contributed by atoms with Gasteiger partial charge in [-0.1, -0.05) is 19.3 Å². The van der Waals surface area contributed by atoms with E-state index in [-0.39, 0.29) is 18.6 Å². The van der Waals surface area contributed by atoms with E-state index in [1.807, 2.05) is 17.2 Å². The van der Waals surface area contributed by atoms with Crippen molar-refractivity contribution in [3.63, 3.8) is 0 Å². The van der Waals surface area contributed by atoms with Gasteiger partial charge in [-0.2, -0.15) is 5.10 Å². The van der Waals surface area contributed by atoms with E-state index < -0.39 is 0 Å². The Balaban J connectivity index is 1.37. The first-order valence-electron chi connectivity index (χ1n) is 9.94. The molecule has 1 aliphatic carbocycles. The smallest absolute Gasteiger partial charge is 0.249 e. The van der Waals surface area contributed by atoms with Crippen molar-refractivity contribution in [2.24, 2.45) is 0 Å². The van der Waals surface area contributed by atoms with Crippen molar-refractivity contribution in [2.75, 3.05) is 32.8 Å². The van der Waals surface area contributed by atoms with Gasteiger partial charge in [-0.15, -0.1) is 0 Å². The molecule has 25 heavy (non-hydrogen) atoms. The lowest BCUT2D eigenvalue weighted by Gasteiger charge is -2.37. The van der Waals surface area contributed by atoms with E-state index in [4.69, 9.17) is 4.74 Å². The number of amides is 1. The number of aromatic nitrogens is 2. The summed E-state index contributed by atoms with van der Waals surface area (Å²) in [6.45, 7) is 4.97. The normalized spacial score (nSPS) is 25.3. The Morgan fingerprint density at radius 3 is 2.76 bits per heavy atom. The van der Waals surface area contributed by atoms with Crippen LogP contribution in [0.3, 0.4) is 0 Å². The average molecular weight is 346 g/mol. The SMILES string of the molecule is O=C(COC1CCCC1)N1Cc2ccnn2[C@@H](CN2CCCCC2)C1. The number of likely N-dealkylation sites (tertiary alicyclic amines) is 1. The maximum atomic E-state index is 12.7. The summed E-state index contributed by atoms with van der Waals surface area (Å²) in [5.74, 6) is 0.128. The zero-order chi connectivity index (χ0) is 17.1. The summed E-state index contributed by atoms with van der Waals surface area (Å²) in [6.07, 6.45) is 10.8. The maximum absolute atomic E-state index is 12.7. The van der Waals surface area contributed by atoms with Gasteiger partial charge in [0.25, 0.3) is 0 Å². The molecule has 1 saturated heterocycles. The van der Waals surface area contributed by atoms with E-state index in [1.165, 1.54) is 45.2 Å². The van der Waals surface area contributed by atoms with E-state index in [0.29, 0.717) is 12.6 Å². The first-order valence-corrected chi connectivity index (χ1v) is 9.94. The molecule has 0 radical (unpaired) electrons. The Morgan fingerprint density at radius 1 is 1.16 bits per heavy atom. The number of fused-ring (bicyclic) bond motifs is 1. The second-order valence-corrected chi connectivity index (χ2v) is 7.77. The molecular weight excluding hydrogens is 316 g/mol. The predicted molar refractivity (Wildman–Crippen MR) is 95.2 cm³/mol. The van der Waals surface area contributed by atoms with E-state index in [0.717, 1.165) is 31.6 Å². The molecule has 0 bridgehead atoms. The Labute approximate surface area is 150 Å². The fraction of sp³-hybridized carbons (Fsp3) is 0.789. The van der Waals surface area contributed by atoms with Crippen molar-refractivity contribution in [3.05, 3.63) is 18.0 Å². The molecule has 3 aliphatic rings. The van der Waals surface area contributed by atoms with Crippen LogP contribution in [0.5, 0.6) is 0 Å². The molecule has 2 aliphatic heterocycles. The quantitative estimate of drug-likeness (QED) is 0.820. The number of hydrogen-bond donors (Lipinski definition) is 0. The molecule has 1 atom stereocenters. The topological polar surface area (TPSA) is 50.6 Å². The fourth-order valence-corrected chi connectivity index (χ4v) is 4.49. The molecule has 4 rings (SSSR count). The zero-order valence-electron chi connectivity index (χ0n) is 15.1. The zero-order valence-corrected chi connectivity index (χ0v) is 15.1. The number of nitrogens with zero attached hydrogens (tertiary/aromatic N) is 4. The van der Waals surface area contributed by atoms with Gasteiger partial charge in [0.2, 0.25) is 5.91 Å². The Morgan fingerprint density at radius 2 is 1.96 bits per heavy atom. The highest BCUT2D eigenvalue weighted by atomic mass is 16.5. The van der Waals surface area contributed by atoms with Crippen LogP contribution in [0.25, 0.3) is 0 Å². The van der Waals surface area contributed by atoms with Crippen molar-refractivity contribution >= 4 is 5.91 Å². The van der Waals surface area contributed by atoms with Gasteiger partial charge in [0.05, 0.1) is 24.4 Å². The van der Waals surface area contributed by atoms with Crippen LogP contribution in [0.4, 0.5) is 0 Å². The Kier molecular flexibility index (Phi) is 5.36. The summed E-state index contributed by atoms with van der Waals surface area (Å²) in [4.78, 5) is 17.2. The number of rotatable bonds is 5. The second-order valence-electron chi connectivity index (χ2n) is 7.77. The molecule has 1 aromatic rings. The van der Waals surface area contributed by atoms with Crippen LogP contribution >= 0.6 is 0 Å². The molecule has 1 aromatic heterocycles. The molecule has 1 saturated carbocycles. The summed E-state index contributed by atoms with van der Waals surface area (Å²) < 4.78 is 7.98. The predicted octanol–water partition coefficient (Wildman–Crippen LogP) is 2.21. The first kappa shape index (κ1) is 17.0. The second kappa shape index (κ2) is 7.87. The van der Waals surface area contributed by atoms with Crippen LogP contribution in [-0.4, -0.2) is 64.4 Å². The van der Waals surface area contributed by atoms with Crippen LogP contribution in [0.15, 0.2) is 12.3 Å². The summed E-state index contributed by atoms with van der Waals surface area (Å²) >= 11 is 0. The van der Waals surface area contributed by atoms with E-state index in [1.54, 1.807) is 0 Å². The highest BCUT2D eigenvalue weighted by Gasteiger charge is 2.30. The average Bonchev–Trinajstić information content (AvgIpc) is 3.32. The lowest BCUT2D eigenvalue weighted by Crippen LogP contribution is -2.47. The molecule has 0 unspecified atom stereocenters. The number of carbonyl (C=O) groups excluding carboxylic acids is 1. The molecule has 0 spiro atoms. The molecule has 6 heteroatoms. The lowest BCUT2D eigenvalue weighted by atomic mass is 10.1. The standard InChI is InChI=1S/C19H30N4O2/c24-19(15-25-18-6-2-3-7-18)22-13-16-8-9-20-23(16)17(14-22)12-21-10-4-1-5-11-21/h8-9,17-18H,1-7,10-15H2/t17-/m0/s1. The van der Waals surface area contributed by atoms with Crippen molar-refractivity contribution < 1.29 is 9.53 Å². The largest absolute Gasteiger partial charge is 0.368 e. The van der Waals surface area contributed by atoms with Gasteiger partial charge >= 0.3 is 0 Å². The Bertz CT molecular complexity index is 576. The van der Waals surface area contributed by atoms with E-state index >= 15 is 0 Å². The third kappa shape index (κ3) is 4.06. The molecule has 6 nitrogen and oxygen atoms in total. The summed E-state index contributed by atoms with van der Waals surface area (Å²) in [5.41, 5.74) is 1.14. The number of ether oxygens (including phenoxy) is 1. The van der Waals surface area contributed by atoms with Crippen LogP contribution < -0.4 is 0 Å². The van der Waals surface area contributed by atoms with Crippen LogP contribution in [0.2, 0.25) is 0 Å². The molecular formula is C19H30N4O2. The van der Waals surface area contributed by atoms with Crippen molar-refractivity contribution in [1.29, 1.82) is 0 Å². The maximum Gasteiger partial charge on any atom is 0.249 e. The van der Waals surface area contributed by atoms with Gasteiger partial charge in [0, 0.05) is 19.3 Å². The molecule has 0 aromatic carbocycles. The summed E-state index contributed by atoms with van der Waals surface area (Å²) in [6, 6.07) is 2.30. The number of carbonyl (C=O) groups is 1. The molecule has 0 N–H and O–H groups in total. The van der Waals surface area contributed by atoms with Gasteiger partial charge in [-0.05, 0) is 44.8 Å². The van der Waals surface area contributed by atoms with E-state index in [9.17, 15) is 4.79 Å². The molecule has 138 valence electrons. The minimum Gasteiger partial charge on any atom is -0.368 e. The highest BCUT2D eigenvalue weighted by Crippen LogP contribution is 2.24. The highest BCUT2D eigenvalue weighted by molar-refractivity contribution is 5.77. The van der Waals surface area contributed by atoms with Crippen molar-refractivity contribution in [3.8, 4) is 0 Å². The third-order valence-corrected chi connectivity index (χ3v) is 5.90. The van der Waals surface area contributed by atoms with Crippen molar-refractivity contribution in [1.82, 2.24) is 19.6 Å². The Hall–Kier alpha value is -1.40. The number of hydrogen-bond acceptors (Lipinski definition) is 4. The minimum absolute atomic E-state index is 0.128. The van der Waals surface area contributed by atoms with Gasteiger partial charge in [0.1, 0.15) is 6.61 Å². The van der Waals surface area contributed by atoms with Crippen LogP contribution in [0, 0.1) is 0 Å². The molecule has 2 fully saturated rings. The monoisotopic (exact) mass is 346 g/mol. The fourth-order valence-electron chi connectivity index (χ4n) is 4.49. The minimum atomic E-state index is 0.128. The molecule has 1 amide bonds. The van der Waals surface area contributed by atoms with Crippen LogP contribution in [0.1, 0.15) is 56.7 Å². The molecule has 3 heterocycles. The number of piperidine rings is 1. The lowest BCUT2D eigenvalue weighted by molar-refractivity contribution is -0.140. The third-order valence-electron chi connectivity index (χ3n) is 5.90. The van der Waals surface area contributed by atoms with Crippen molar-refractivity contribution in [2.45, 2.75) is 63.6 Å². The van der Waals surface area contributed by atoms with E-state index in [2.05, 4.69) is 14.7 Å². The summed E-state index contributed by atoms with van der Waals surface area (Å²) in [7, 11) is 0. The van der Waals surface area contributed by atoms with Gasteiger partial charge in [-0.3, -0.25) is 9.48 Å². The summed E-state index contributed by atoms with van der Waals surface area (Å²) in [5, 5.41) is 4.53. The first-order chi connectivity index (χ1) is 12.3. The van der Waals surface area contributed by atoms with Crippen LogP contribution in [-0.2, 0) is 16.1 Å². The van der Waals surface area contributed by atoms with Gasteiger partial charge in [-0.25, -0.2) is 0 Å². The van der Waals surface area contributed by atoms with Gasteiger partial charge in [0.15, 0.2) is 0 Å². The van der Waals surface area contributed by atoms with Gasteiger partial charge < -0.3 is 14.5 Å².